The minimum atomic E-state index is -0.0175. The zero-order chi connectivity index (χ0) is 10.6. The van der Waals surface area contributed by atoms with Crippen LogP contribution in [0.1, 0.15) is 22.8 Å². The van der Waals surface area contributed by atoms with Crippen LogP contribution in [0, 0.1) is 0 Å². The Morgan fingerprint density at radius 3 is 2.86 bits per heavy atom. The third-order valence-electron chi connectivity index (χ3n) is 1.79. The summed E-state index contributed by atoms with van der Waals surface area (Å²) in [6.45, 7) is 1.51. The zero-order valence-corrected chi connectivity index (χ0v) is 9.48. The number of carbonyl (C=O) groups excluding carboxylic acids is 1. The summed E-state index contributed by atoms with van der Waals surface area (Å²) in [4.78, 5) is 11.2. The number of rotatable bonds is 3. The average Bonchev–Trinajstić information content (AvgIpc) is 2.16. The predicted molar refractivity (Wildman–Crippen MR) is 64.3 cm³/mol. The van der Waals surface area contributed by atoms with Crippen molar-refractivity contribution in [1.82, 2.24) is 0 Å². The molecule has 0 atom stereocenters. The molecule has 0 N–H and O–H groups in total. The number of ketones is 1. The van der Waals surface area contributed by atoms with Crippen LogP contribution in [0.25, 0.3) is 6.08 Å². The fraction of sp³-hybridized carbons (Fsp3) is 0.182. The van der Waals surface area contributed by atoms with Crippen molar-refractivity contribution in [3.05, 3.63) is 40.4 Å². The number of hydrogen-bond acceptors (Lipinski definition) is 2. The molecule has 1 aromatic carbocycles. The van der Waals surface area contributed by atoms with E-state index in [-0.39, 0.29) is 5.78 Å². The molecule has 1 nitrogen and oxygen atoms in total. The van der Waals surface area contributed by atoms with E-state index in [0.29, 0.717) is 16.3 Å². The van der Waals surface area contributed by atoms with E-state index >= 15 is 0 Å². The van der Waals surface area contributed by atoms with Crippen molar-refractivity contribution in [2.24, 2.45) is 0 Å². The van der Waals surface area contributed by atoms with Crippen LogP contribution in [-0.2, 0) is 0 Å². The summed E-state index contributed by atoms with van der Waals surface area (Å²) in [7, 11) is 0. The Morgan fingerprint density at radius 2 is 2.29 bits per heavy atom. The number of halogens is 1. The predicted octanol–water partition coefficient (Wildman–Crippen LogP) is 3.49. The summed E-state index contributed by atoms with van der Waals surface area (Å²) in [5.41, 5.74) is 1.53. The first-order valence-corrected chi connectivity index (χ1v) is 5.24. The van der Waals surface area contributed by atoms with Gasteiger partial charge in [0, 0.05) is 11.3 Å². The first-order chi connectivity index (χ1) is 6.65. The van der Waals surface area contributed by atoms with Gasteiger partial charge in [0.2, 0.25) is 0 Å². The van der Waals surface area contributed by atoms with Gasteiger partial charge < -0.3 is 0 Å². The van der Waals surface area contributed by atoms with Crippen molar-refractivity contribution < 1.29 is 4.79 Å². The van der Waals surface area contributed by atoms with Gasteiger partial charge in [-0.3, -0.25) is 4.79 Å². The van der Waals surface area contributed by atoms with E-state index in [0.717, 1.165) is 5.56 Å². The van der Waals surface area contributed by atoms with Gasteiger partial charge in [-0.15, -0.1) is 0 Å². The van der Waals surface area contributed by atoms with Crippen LogP contribution in [0.4, 0.5) is 0 Å². The summed E-state index contributed by atoms with van der Waals surface area (Å²) in [5.74, 6) is 0.661. The van der Waals surface area contributed by atoms with Crippen LogP contribution < -0.4 is 0 Å². The standard InChI is InChI=1S/C11H11ClOS/c1-8(13)10-7-9(3-2-6-14)4-5-11(10)12/h2-5,7,14H,6H2,1H3. The number of thiol groups is 1. The van der Waals surface area contributed by atoms with Crippen LogP contribution >= 0.6 is 24.2 Å². The number of benzene rings is 1. The molecule has 0 saturated heterocycles. The van der Waals surface area contributed by atoms with E-state index in [2.05, 4.69) is 12.6 Å². The second kappa shape index (κ2) is 5.23. The van der Waals surface area contributed by atoms with E-state index in [1.54, 1.807) is 12.1 Å². The molecule has 0 saturated carbocycles. The van der Waals surface area contributed by atoms with E-state index in [4.69, 9.17) is 11.6 Å². The second-order valence-corrected chi connectivity index (χ2v) is 3.65. The molecule has 0 aliphatic rings. The van der Waals surface area contributed by atoms with Gasteiger partial charge in [0.1, 0.15) is 0 Å². The summed E-state index contributed by atoms with van der Waals surface area (Å²) < 4.78 is 0. The molecule has 1 rings (SSSR count). The molecule has 0 aromatic heterocycles. The highest BCUT2D eigenvalue weighted by molar-refractivity contribution is 7.80. The molecule has 0 heterocycles. The Balaban J connectivity index is 3.06. The van der Waals surface area contributed by atoms with Gasteiger partial charge in [-0.25, -0.2) is 0 Å². The molecular formula is C11H11ClOS. The normalized spacial score (nSPS) is 10.8. The van der Waals surface area contributed by atoms with Crippen molar-refractivity contribution in [3.63, 3.8) is 0 Å². The average molecular weight is 227 g/mol. The van der Waals surface area contributed by atoms with Crippen LogP contribution in [0.2, 0.25) is 5.02 Å². The highest BCUT2D eigenvalue weighted by atomic mass is 35.5. The summed E-state index contributed by atoms with van der Waals surface area (Å²) >= 11 is 9.92. The minimum Gasteiger partial charge on any atom is -0.294 e. The third kappa shape index (κ3) is 2.89. The van der Waals surface area contributed by atoms with E-state index in [1.807, 2.05) is 18.2 Å². The molecule has 1 aromatic rings. The van der Waals surface area contributed by atoms with Crippen LogP contribution in [0.5, 0.6) is 0 Å². The van der Waals surface area contributed by atoms with Crippen molar-refractivity contribution >= 4 is 36.1 Å². The maximum Gasteiger partial charge on any atom is 0.161 e. The first-order valence-electron chi connectivity index (χ1n) is 4.23. The molecule has 0 amide bonds. The zero-order valence-electron chi connectivity index (χ0n) is 7.83. The molecular weight excluding hydrogens is 216 g/mol. The smallest absolute Gasteiger partial charge is 0.161 e. The summed E-state index contributed by atoms with van der Waals surface area (Å²) in [6.07, 6.45) is 3.83. The molecule has 0 aliphatic heterocycles. The van der Waals surface area contributed by atoms with Crippen LogP contribution in [0.15, 0.2) is 24.3 Å². The molecule has 0 spiro atoms. The van der Waals surface area contributed by atoms with Crippen molar-refractivity contribution in [1.29, 1.82) is 0 Å². The Morgan fingerprint density at radius 1 is 1.57 bits per heavy atom. The lowest BCUT2D eigenvalue weighted by Crippen LogP contribution is -1.93. The third-order valence-corrected chi connectivity index (χ3v) is 2.33. The molecule has 74 valence electrons. The molecule has 14 heavy (non-hydrogen) atoms. The van der Waals surface area contributed by atoms with E-state index in [9.17, 15) is 4.79 Å². The van der Waals surface area contributed by atoms with E-state index < -0.39 is 0 Å². The highest BCUT2D eigenvalue weighted by Crippen LogP contribution is 2.18. The molecule has 0 fully saturated rings. The lowest BCUT2D eigenvalue weighted by atomic mass is 10.1. The van der Waals surface area contributed by atoms with Crippen LogP contribution in [-0.4, -0.2) is 11.5 Å². The van der Waals surface area contributed by atoms with Gasteiger partial charge in [0.15, 0.2) is 5.78 Å². The molecule has 0 radical (unpaired) electrons. The minimum absolute atomic E-state index is 0.0175. The summed E-state index contributed by atoms with van der Waals surface area (Å²) in [5, 5.41) is 0.500. The van der Waals surface area contributed by atoms with E-state index in [1.165, 1.54) is 6.92 Å². The second-order valence-electron chi connectivity index (χ2n) is 2.88. The molecule has 0 aliphatic carbocycles. The Labute approximate surface area is 94.2 Å². The monoisotopic (exact) mass is 226 g/mol. The van der Waals surface area contributed by atoms with Gasteiger partial charge >= 0.3 is 0 Å². The van der Waals surface area contributed by atoms with Crippen LogP contribution in [0.3, 0.4) is 0 Å². The highest BCUT2D eigenvalue weighted by Gasteiger charge is 2.04. The SMILES string of the molecule is CC(=O)c1cc(C=CCS)ccc1Cl. The number of Topliss-reactive ketones (excluding diaryl/α,β-unsaturated/α-hetero) is 1. The molecule has 3 heteroatoms. The number of hydrogen-bond donors (Lipinski definition) is 1. The Hall–Kier alpha value is -0.730. The lowest BCUT2D eigenvalue weighted by molar-refractivity contribution is 0.101. The quantitative estimate of drug-likeness (QED) is 0.617. The molecule has 0 bridgehead atoms. The fourth-order valence-corrected chi connectivity index (χ4v) is 1.46. The largest absolute Gasteiger partial charge is 0.294 e. The molecule has 0 unspecified atom stereocenters. The Kier molecular flexibility index (Phi) is 4.23. The first kappa shape index (κ1) is 11.3. The lowest BCUT2D eigenvalue weighted by Gasteiger charge is -2.01. The van der Waals surface area contributed by atoms with Gasteiger partial charge in [-0.2, -0.15) is 12.6 Å². The van der Waals surface area contributed by atoms with Gasteiger partial charge in [0.25, 0.3) is 0 Å². The van der Waals surface area contributed by atoms with Gasteiger partial charge in [-0.05, 0) is 24.6 Å². The Bertz CT molecular complexity index is 372. The summed E-state index contributed by atoms with van der Waals surface area (Å²) in [6, 6.07) is 5.38. The van der Waals surface area contributed by atoms with Crippen molar-refractivity contribution in [2.45, 2.75) is 6.92 Å². The maximum atomic E-state index is 11.2. The fourth-order valence-electron chi connectivity index (χ4n) is 1.11. The van der Waals surface area contributed by atoms with Gasteiger partial charge in [0.05, 0.1) is 5.02 Å². The number of carbonyl (C=O) groups is 1. The topological polar surface area (TPSA) is 17.1 Å². The van der Waals surface area contributed by atoms with Crippen molar-refractivity contribution in [2.75, 3.05) is 5.75 Å². The maximum absolute atomic E-state index is 11.2. The van der Waals surface area contributed by atoms with Crippen molar-refractivity contribution in [3.8, 4) is 0 Å². The van der Waals surface area contributed by atoms with Gasteiger partial charge in [-0.1, -0.05) is 29.8 Å².